The third kappa shape index (κ3) is 8.49. The van der Waals surface area contributed by atoms with Crippen molar-refractivity contribution in [3.05, 3.63) is 132 Å². The molecule has 4 N–H and O–H groups in total. The quantitative estimate of drug-likeness (QED) is 0.0988. The number of hydrogen-bond acceptors (Lipinski definition) is 8. The van der Waals surface area contributed by atoms with Crippen molar-refractivity contribution in [3.8, 4) is 33.9 Å². The highest BCUT2D eigenvalue weighted by Gasteiger charge is 2.39. The van der Waals surface area contributed by atoms with Gasteiger partial charge in [0, 0.05) is 37.1 Å². The third-order valence-corrected chi connectivity index (χ3v) is 11.4. The normalized spacial score (nSPS) is 17.3. The van der Waals surface area contributed by atoms with Gasteiger partial charge < -0.3 is 25.3 Å². The predicted octanol–water partition coefficient (Wildman–Crippen LogP) is 7.34. The zero-order valence-corrected chi connectivity index (χ0v) is 33.2. The first-order chi connectivity index (χ1) is 28.7. The molecule has 302 valence electrons. The van der Waals surface area contributed by atoms with Crippen molar-refractivity contribution in [2.75, 3.05) is 26.7 Å². The minimum atomic E-state index is -1.21. The standard InChI is InChI=1S/C45H48N10O4/c1-29(50-43(56)38(53(2)45(58)59)31-13-6-3-7-14-31)40-48-27-35(51-40)30-18-20-33(21-19-30)41-46-25-34(26-47-41)36-28-49-42(52-36)37-17-12-24-55(37)44(57)39(32-15-8-4-9-16-32)54-22-10-5-11-23-54/h3-4,6-9,13-16,18-21,25-29,37-39H,5,10-12,17,22-24H2,1-2H3,(H,48,51)(H,49,52)(H,50,56)(H,58,59)/t29-,37-,38+,39+/m0/s1. The van der Waals surface area contributed by atoms with Crippen LogP contribution in [-0.2, 0) is 9.59 Å². The SMILES string of the molecule is C[C@H](NC(=O)[C@@H](c1ccccc1)N(C)C(=O)O)c1ncc(-c2ccc(-c3ncc(-c4cnc([C@@H]5CCCN5C(=O)[C@@H](c5ccccc5)N5CCCCC5)[nH]4)cn3)cc2)[nH]1. The van der Waals surface area contributed by atoms with E-state index >= 15 is 0 Å². The fraction of sp³-hybridized carbons (Fsp3) is 0.311. The number of carbonyl (C=O) groups excluding carboxylic acids is 2. The van der Waals surface area contributed by atoms with E-state index in [9.17, 15) is 19.5 Å². The number of piperidine rings is 1. The first-order valence-corrected chi connectivity index (χ1v) is 20.2. The van der Waals surface area contributed by atoms with Gasteiger partial charge >= 0.3 is 6.09 Å². The fourth-order valence-electron chi connectivity index (χ4n) is 8.22. The minimum Gasteiger partial charge on any atom is -0.465 e. The lowest BCUT2D eigenvalue weighted by Gasteiger charge is -2.37. The summed E-state index contributed by atoms with van der Waals surface area (Å²) in [5.41, 5.74) is 5.67. The van der Waals surface area contributed by atoms with Crippen LogP contribution in [0.3, 0.4) is 0 Å². The van der Waals surface area contributed by atoms with Crippen LogP contribution < -0.4 is 5.32 Å². The fourth-order valence-corrected chi connectivity index (χ4v) is 8.22. The number of nitrogens with zero attached hydrogens (tertiary/aromatic N) is 7. The van der Waals surface area contributed by atoms with Crippen LogP contribution in [0, 0.1) is 0 Å². The monoisotopic (exact) mass is 792 g/mol. The van der Waals surface area contributed by atoms with Gasteiger partial charge in [-0.25, -0.2) is 24.7 Å². The lowest BCUT2D eigenvalue weighted by Crippen LogP contribution is -2.44. The van der Waals surface area contributed by atoms with Crippen LogP contribution in [0.2, 0.25) is 0 Å². The van der Waals surface area contributed by atoms with E-state index in [2.05, 4.69) is 47.3 Å². The molecule has 3 amide bonds. The van der Waals surface area contributed by atoms with Gasteiger partial charge in [0.25, 0.3) is 0 Å². The van der Waals surface area contributed by atoms with E-state index in [1.807, 2.05) is 53.4 Å². The number of amides is 3. The molecule has 3 aromatic carbocycles. The smallest absolute Gasteiger partial charge is 0.407 e. The van der Waals surface area contributed by atoms with Crippen molar-refractivity contribution >= 4 is 17.9 Å². The lowest BCUT2D eigenvalue weighted by atomic mass is 10.00. The van der Waals surface area contributed by atoms with Crippen LogP contribution >= 0.6 is 0 Å². The Bertz CT molecular complexity index is 2360. The third-order valence-electron chi connectivity index (χ3n) is 11.4. The molecule has 0 saturated carbocycles. The van der Waals surface area contributed by atoms with Crippen molar-refractivity contribution in [2.24, 2.45) is 0 Å². The molecule has 0 bridgehead atoms. The van der Waals surface area contributed by atoms with Gasteiger partial charge in [0.15, 0.2) is 5.82 Å². The molecule has 2 aliphatic rings. The van der Waals surface area contributed by atoms with E-state index in [1.54, 1.807) is 56.0 Å². The molecule has 14 heteroatoms. The average Bonchev–Trinajstić information content (AvgIpc) is 4.08. The Morgan fingerprint density at radius 3 is 2.03 bits per heavy atom. The van der Waals surface area contributed by atoms with E-state index < -0.39 is 24.1 Å². The number of benzene rings is 3. The number of imidazole rings is 2. The van der Waals surface area contributed by atoms with Crippen LogP contribution in [0.1, 0.15) is 86.0 Å². The van der Waals surface area contributed by atoms with Gasteiger partial charge in [0.2, 0.25) is 11.8 Å². The minimum absolute atomic E-state index is 0.128. The topological polar surface area (TPSA) is 176 Å². The second-order valence-electron chi connectivity index (χ2n) is 15.3. The van der Waals surface area contributed by atoms with Gasteiger partial charge in [-0.2, -0.15) is 0 Å². The summed E-state index contributed by atoms with van der Waals surface area (Å²) in [4.78, 5) is 70.2. The van der Waals surface area contributed by atoms with Gasteiger partial charge in [-0.05, 0) is 62.4 Å². The molecular formula is C45H48N10O4. The summed E-state index contributed by atoms with van der Waals surface area (Å²) in [5.74, 6) is 1.56. The molecule has 0 radical (unpaired) electrons. The van der Waals surface area contributed by atoms with Gasteiger partial charge in [0.1, 0.15) is 23.7 Å². The zero-order chi connectivity index (χ0) is 40.9. The van der Waals surface area contributed by atoms with E-state index in [1.165, 1.54) is 13.5 Å². The number of carbonyl (C=O) groups is 3. The maximum absolute atomic E-state index is 14.3. The molecule has 4 atom stereocenters. The molecule has 0 aliphatic carbocycles. The van der Waals surface area contributed by atoms with Gasteiger partial charge in [-0.3, -0.25) is 19.4 Å². The molecule has 2 aliphatic heterocycles. The first kappa shape index (κ1) is 39.2. The Morgan fingerprint density at radius 2 is 1.36 bits per heavy atom. The van der Waals surface area contributed by atoms with Crippen LogP contribution in [-0.4, -0.2) is 94.3 Å². The highest BCUT2D eigenvalue weighted by Crippen LogP contribution is 2.36. The van der Waals surface area contributed by atoms with Crippen LogP contribution in [0.4, 0.5) is 4.79 Å². The van der Waals surface area contributed by atoms with Crippen LogP contribution in [0.25, 0.3) is 33.9 Å². The predicted molar refractivity (Wildman–Crippen MR) is 222 cm³/mol. The summed E-state index contributed by atoms with van der Waals surface area (Å²) in [7, 11) is 1.38. The first-order valence-electron chi connectivity index (χ1n) is 20.2. The van der Waals surface area contributed by atoms with Gasteiger partial charge in [-0.1, -0.05) is 91.3 Å². The van der Waals surface area contributed by atoms with E-state index in [0.717, 1.165) is 83.1 Å². The van der Waals surface area contributed by atoms with Gasteiger partial charge in [-0.15, -0.1) is 0 Å². The maximum Gasteiger partial charge on any atom is 0.407 e. The van der Waals surface area contributed by atoms with Crippen molar-refractivity contribution in [1.29, 1.82) is 0 Å². The highest BCUT2D eigenvalue weighted by atomic mass is 16.4. The number of likely N-dealkylation sites (tertiary alicyclic amines) is 2. The Balaban J connectivity index is 0.914. The van der Waals surface area contributed by atoms with Crippen molar-refractivity contribution in [3.63, 3.8) is 0 Å². The Morgan fingerprint density at radius 1 is 0.729 bits per heavy atom. The molecule has 0 unspecified atom stereocenters. The number of rotatable bonds is 12. The summed E-state index contributed by atoms with van der Waals surface area (Å²) in [6, 6.07) is 24.8. The van der Waals surface area contributed by atoms with Crippen molar-refractivity contribution < 1.29 is 19.5 Å². The number of H-pyrrole nitrogens is 2. The average molecular weight is 793 g/mol. The van der Waals surface area contributed by atoms with E-state index in [4.69, 9.17) is 4.98 Å². The maximum atomic E-state index is 14.3. The molecule has 6 aromatic rings. The Labute approximate surface area is 342 Å². The number of aromatic nitrogens is 6. The molecule has 2 fully saturated rings. The van der Waals surface area contributed by atoms with E-state index in [0.29, 0.717) is 23.8 Å². The molecule has 14 nitrogen and oxygen atoms in total. The summed E-state index contributed by atoms with van der Waals surface area (Å²) in [6.07, 6.45) is 11.0. The molecule has 2 saturated heterocycles. The summed E-state index contributed by atoms with van der Waals surface area (Å²) >= 11 is 0. The molecule has 3 aromatic heterocycles. The number of hydrogen-bond donors (Lipinski definition) is 4. The number of aromatic amines is 2. The van der Waals surface area contributed by atoms with E-state index in [-0.39, 0.29) is 18.0 Å². The number of nitrogens with one attached hydrogen (secondary N) is 3. The van der Waals surface area contributed by atoms with Crippen LogP contribution in [0.15, 0.2) is 110 Å². The van der Waals surface area contributed by atoms with Crippen LogP contribution in [0.5, 0.6) is 0 Å². The highest BCUT2D eigenvalue weighted by molar-refractivity contribution is 5.87. The Kier molecular flexibility index (Phi) is 11.6. The molecule has 5 heterocycles. The molecule has 0 spiro atoms. The zero-order valence-electron chi connectivity index (χ0n) is 33.2. The van der Waals surface area contributed by atoms with Gasteiger partial charge in [0.05, 0.1) is 35.9 Å². The summed E-state index contributed by atoms with van der Waals surface area (Å²) in [5, 5.41) is 12.5. The summed E-state index contributed by atoms with van der Waals surface area (Å²) in [6.45, 7) is 4.35. The molecule has 59 heavy (non-hydrogen) atoms. The number of carboxylic acid groups (broad SMARTS) is 1. The second-order valence-corrected chi connectivity index (χ2v) is 15.3. The van der Waals surface area contributed by atoms with Crippen molar-refractivity contribution in [2.45, 2.75) is 63.2 Å². The number of likely N-dealkylation sites (N-methyl/N-ethyl adjacent to an activating group) is 1. The second kappa shape index (κ2) is 17.4. The largest absolute Gasteiger partial charge is 0.465 e. The van der Waals surface area contributed by atoms with Crippen molar-refractivity contribution in [1.82, 2.24) is 49.9 Å². The Hall–Kier alpha value is -6.67. The lowest BCUT2D eigenvalue weighted by molar-refractivity contribution is -0.139. The summed E-state index contributed by atoms with van der Waals surface area (Å²) < 4.78 is 0. The molecule has 8 rings (SSSR count). The molecular weight excluding hydrogens is 745 g/mol.